The van der Waals surface area contributed by atoms with Gasteiger partial charge in [-0.25, -0.2) is 0 Å². The number of hydrogen-bond acceptors (Lipinski definition) is 5. The second-order valence-corrected chi connectivity index (χ2v) is 7.48. The first-order chi connectivity index (χ1) is 9.32. The number of nitrogens with zero attached hydrogens (tertiary/aromatic N) is 2. The molecule has 0 spiro atoms. The number of thioether (sulfide) groups is 1. The molecule has 1 aliphatic rings. The van der Waals surface area contributed by atoms with Gasteiger partial charge < -0.3 is 9.40 Å². The molecule has 1 aliphatic heterocycles. The molecule has 2 aromatic heterocycles. The van der Waals surface area contributed by atoms with Crippen LogP contribution in [0.3, 0.4) is 0 Å². The Labute approximate surface area is 115 Å². The highest BCUT2D eigenvalue weighted by Crippen LogP contribution is 2.56. The van der Waals surface area contributed by atoms with Gasteiger partial charge in [0.25, 0.3) is 0 Å². The molecule has 0 saturated heterocycles. The van der Waals surface area contributed by atoms with Gasteiger partial charge in [0.1, 0.15) is 0 Å². The third-order valence-electron chi connectivity index (χ3n) is 2.61. The number of rotatable bonds is 5. The molecule has 0 atom stereocenters. The summed E-state index contributed by atoms with van der Waals surface area (Å²) in [5, 5.41) is 13.3. The Morgan fingerprint density at radius 1 is 1.37 bits per heavy atom. The SMILES string of the molecule is O=CS1(c2nnc(SCc3ccoc3)[nH]2)C=CC=C1. The standard InChI is InChI=1S/C12H11N3O2S2/c16-9-19(5-1-2-6-19)12-13-11(14-15-12)18-8-10-3-4-17-7-10/h1-7,9H,8H2,(H,13,14,15). The maximum Gasteiger partial charge on any atom is 0.189 e. The molecule has 0 fully saturated rings. The maximum atomic E-state index is 11.3. The molecular weight excluding hydrogens is 282 g/mol. The minimum atomic E-state index is -1.73. The molecule has 7 heteroatoms. The van der Waals surface area contributed by atoms with Gasteiger partial charge in [-0.3, -0.25) is 4.79 Å². The van der Waals surface area contributed by atoms with Gasteiger partial charge in [-0.1, -0.05) is 33.9 Å². The van der Waals surface area contributed by atoms with Crippen LogP contribution in [0, 0.1) is 0 Å². The fourth-order valence-corrected chi connectivity index (χ4v) is 4.14. The molecule has 0 aliphatic carbocycles. The number of carbonyl (C=O) groups excluding carboxylic acids is 1. The molecule has 0 radical (unpaired) electrons. The number of H-pyrrole nitrogens is 1. The predicted octanol–water partition coefficient (Wildman–Crippen LogP) is 3.08. The summed E-state index contributed by atoms with van der Waals surface area (Å²) in [6.45, 7) is 0. The van der Waals surface area contributed by atoms with Crippen LogP contribution in [0.4, 0.5) is 0 Å². The van der Waals surface area contributed by atoms with E-state index in [0.29, 0.717) is 10.3 Å². The summed E-state index contributed by atoms with van der Waals surface area (Å²) in [5.41, 5.74) is 2.03. The first kappa shape index (κ1) is 12.3. The Hall–Kier alpha value is -1.73. The summed E-state index contributed by atoms with van der Waals surface area (Å²) in [6, 6.07) is 1.91. The van der Waals surface area contributed by atoms with Crippen molar-refractivity contribution in [2.24, 2.45) is 0 Å². The van der Waals surface area contributed by atoms with Gasteiger partial charge in [0.15, 0.2) is 15.9 Å². The number of carbonyl (C=O) groups is 1. The van der Waals surface area contributed by atoms with Gasteiger partial charge >= 0.3 is 0 Å². The Morgan fingerprint density at radius 2 is 2.21 bits per heavy atom. The Bertz CT molecular complexity index is 619. The summed E-state index contributed by atoms with van der Waals surface area (Å²) in [5.74, 6) is 0.750. The molecule has 0 aromatic carbocycles. The van der Waals surface area contributed by atoms with Crippen molar-refractivity contribution in [3.05, 3.63) is 47.1 Å². The van der Waals surface area contributed by atoms with E-state index in [-0.39, 0.29) is 0 Å². The van der Waals surface area contributed by atoms with E-state index in [9.17, 15) is 4.79 Å². The molecule has 3 heterocycles. The third-order valence-corrected chi connectivity index (χ3v) is 5.94. The molecule has 0 saturated carbocycles. The molecule has 0 bridgehead atoms. The van der Waals surface area contributed by atoms with Crippen molar-refractivity contribution in [1.29, 1.82) is 0 Å². The van der Waals surface area contributed by atoms with E-state index in [1.165, 1.54) is 11.8 Å². The van der Waals surface area contributed by atoms with Gasteiger partial charge in [-0.15, -0.1) is 10.2 Å². The lowest BCUT2D eigenvalue weighted by Crippen LogP contribution is -1.95. The van der Waals surface area contributed by atoms with Crippen molar-refractivity contribution in [1.82, 2.24) is 15.2 Å². The quantitative estimate of drug-likeness (QED) is 0.677. The van der Waals surface area contributed by atoms with Gasteiger partial charge in [0, 0.05) is 11.3 Å². The zero-order chi connectivity index (χ0) is 13.1. The molecule has 98 valence electrons. The largest absolute Gasteiger partial charge is 0.472 e. The highest BCUT2D eigenvalue weighted by molar-refractivity contribution is 8.48. The van der Waals surface area contributed by atoms with E-state index in [0.717, 1.165) is 16.9 Å². The minimum absolute atomic E-state index is 0.627. The van der Waals surface area contributed by atoms with Crippen LogP contribution in [0.2, 0.25) is 0 Å². The highest BCUT2D eigenvalue weighted by Gasteiger charge is 2.26. The van der Waals surface area contributed by atoms with Crippen LogP contribution >= 0.6 is 21.8 Å². The highest BCUT2D eigenvalue weighted by atomic mass is 32.3. The number of aromatic amines is 1. The van der Waals surface area contributed by atoms with Crippen LogP contribution in [0.1, 0.15) is 5.56 Å². The molecular formula is C12H11N3O2S2. The monoisotopic (exact) mass is 293 g/mol. The van der Waals surface area contributed by atoms with Crippen molar-refractivity contribution in [3.63, 3.8) is 0 Å². The van der Waals surface area contributed by atoms with Crippen LogP contribution in [0.5, 0.6) is 0 Å². The average molecular weight is 293 g/mol. The normalized spacial score (nSPS) is 17.7. The molecule has 0 amide bonds. The number of hydrogen-bond donors (Lipinski definition) is 1. The van der Waals surface area contributed by atoms with Crippen molar-refractivity contribution in [3.8, 4) is 0 Å². The Morgan fingerprint density at radius 3 is 2.89 bits per heavy atom. The van der Waals surface area contributed by atoms with Gasteiger partial charge in [-0.05, 0) is 16.9 Å². The zero-order valence-corrected chi connectivity index (χ0v) is 11.5. The van der Waals surface area contributed by atoms with Crippen molar-refractivity contribution in [2.75, 3.05) is 0 Å². The lowest BCUT2D eigenvalue weighted by molar-refractivity contribution is 0.565. The van der Waals surface area contributed by atoms with E-state index in [1.807, 2.05) is 29.0 Å². The molecule has 19 heavy (non-hydrogen) atoms. The fraction of sp³-hybridized carbons (Fsp3) is 0.0833. The van der Waals surface area contributed by atoms with Crippen LogP contribution in [0.25, 0.3) is 0 Å². The van der Waals surface area contributed by atoms with Gasteiger partial charge in [0.05, 0.1) is 12.5 Å². The molecule has 5 nitrogen and oxygen atoms in total. The van der Waals surface area contributed by atoms with Crippen molar-refractivity contribution < 1.29 is 9.21 Å². The summed E-state index contributed by atoms with van der Waals surface area (Å²) in [6.07, 6.45) is 7.07. The van der Waals surface area contributed by atoms with Crippen molar-refractivity contribution in [2.45, 2.75) is 16.1 Å². The van der Waals surface area contributed by atoms with Gasteiger partial charge in [0.2, 0.25) is 0 Å². The maximum absolute atomic E-state index is 11.3. The fourth-order valence-electron chi connectivity index (χ4n) is 1.62. The summed E-state index contributed by atoms with van der Waals surface area (Å²) in [4.78, 5) is 14.4. The second kappa shape index (κ2) is 5.10. The lowest BCUT2D eigenvalue weighted by Gasteiger charge is -2.19. The summed E-state index contributed by atoms with van der Waals surface area (Å²) >= 11 is 1.53. The summed E-state index contributed by atoms with van der Waals surface area (Å²) in [7, 11) is -1.73. The Balaban J connectivity index is 1.74. The second-order valence-electron chi connectivity index (χ2n) is 3.87. The van der Waals surface area contributed by atoms with E-state index < -0.39 is 10.0 Å². The summed E-state index contributed by atoms with van der Waals surface area (Å²) < 4.78 is 5.00. The topological polar surface area (TPSA) is 71.8 Å². The van der Waals surface area contributed by atoms with Crippen LogP contribution < -0.4 is 0 Å². The third kappa shape index (κ3) is 2.39. The molecule has 0 unspecified atom stereocenters. The van der Waals surface area contributed by atoms with E-state index >= 15 is 0 Å². The smallest absolute Gasteiger partial charge is 0.189 e. The zero-order valence-electron chi connectivity index (χ0n) is 9.85. The van der Waals surface area contributed by atoms with Crippen molar-refractivity contribution >= 4 is 27.4 Å². The average Bonchev–Trinajstić information content (AvgIpc) is 3.17. The number of aromatic nitrogens is 3. The lowest BCUT2D eigenvalue weighted by atomic mass is 10.4. The van der Waals surface area contributed by atoms with Crippen LogP contribution in [-0.2, 0) is 10.5 Å². The van der Waals surface area contributed by atoms with E-state index in [2.05, 4.69) is 15.2 Å². The predicted molar refractivity (Wildman–Crippen MR) is 75.5 cm³/mol. The number of furan rings is 1. The number of nitrogens with one attached hydrogen (secondary N) is 1. The van der Waals surface area contributed by atoms with E-state index in [1.54, 1.807) is 12.5 Å². The minimum Gasteiger partial charge on any atom is -0.472 e. The first-order valence-electron chi connectivity index (χ1n) is 5.52. The van der Waals surface area contributed by atoms with Crippen LogP contribution in [0.15, 0.2) is 56.3 Å². The first-order valence-corrected chi connectivity index (χ1v) is 8.33. The number of allylic oxidation sites excluding steroid dienone is 2. The molecule has 2 aromatic rings. The molecule has 1 N–H and O–H groups in total. The van der Waals surface area contributed by atoms with E-state index in [4.69, 9.17) is 4.42 Å². The van der Waals surface area contributed by atoms with Gasteiger partial charge in [-0.2, -0.15) is 0 Å². The van der Waals surface area contributed by atoms with Crippen LogP contribution in [-0.4, -0.2) is 20.8 Å². The molecule has 3 rings (SSSR count). The Kier molecular flexibility index (Phi) is 3.31.